The van der Waals surface area contributed by atoms with Gasteiger partial charge in [0.25, 0.3) is 0 Å². The molecule has 0 saturated heterocycles. The van der Waals surface area contributed by atoms with Gasteiger partial charge in [0.2, 0.25) is 0 Å². The van der Waals surface area contributed by atoms with Crippen molar-refractivity contribution in [2.75, 3.05) is 20.4 Å². The Morgan fingerprint density at radius 3 is 0.956 bits per heavy atom. The second-order valence-corrected chi connectivity index (χ2v) is 41.3. The van der Waals surface area contributed by atoms with E-state index in [4.69, 9.17) is 0 Å². The summed E-state index contributed by atoms with van der Waals surface area (Å²) in [6, 6.07) is 153. The molecule has 22 aromatic carbocycles. The number of benzene rings is 22. The van der Waals surface area contributed by atoms with Gasteiger partial charge in [0.1, 0.15) is 0 Å². The van der Waals surface area contributed by atoms with E-state index in [2.05, 4.69) is 566 Å². The summed E-state index contributed by atoms with van der Waals surface area (Å²) in [5.41, 5.74) is 27.2. The standard InChI is InChI=1S/C36H38BrN.C35H26BrN.C30H22N2.C26H16Br2/c1-23-9-15-27(16-10-23)38(28-17-11-24(2)12-18-28)34-31-21-25(35(3,4)5)13-19-29(31)33(37)30-20-14-26(22-32(30)34)36(6,7)8;1-35(2)31-19-11-10-14-25(31)26-21-20-24(22-32(26)35)37(23-12-4-3-5-13-23)34-29-17-8-6-15-27(29)33(36)28-16-7-9-18-30(28)34;1-3-11-21(12-4-1)31-29-19-27-24-16-8-10-18-26(24)30(32-22-13-5-2-6-14-22)20-28(27)23-15-7-9-17-25(23)29;27-19-13-9-17(10-14-19)25-21-5-1-2-6-22(21)26(18-11-15-20(28)16-12-18)24-8-4-3-7-23(24)25/h9-22H,1-8H3;3-22H,1-2H3;1-20,31-32H;1-16H. The first kappa shape index (κ1) is 89.2. The molecule has 8 heteroatoms. The predicted molar refractivity (Wildman–Crippen MR) is 598 cm³/mol. The fourth-order valence-corrected chi connectivity index (χ4v) is 21.6. The molecule has 0 radical (unpaired) electrons. The molecule has 1 aliphatic rings. The SMILES string of the molecule is Brc1ccc(-c2c3ccccc3c(-c3ccc(Br)cc3)c3ccccc23)cc1.CC1(C)c2ccccc2-c2ccc(N(c3ccccc3)c3c4ccccc4c(Br)c4ccccc34)cc21.Cc1ccc(N(c2ccc(C)cc2)c2c3cc(C(C)(C)C)ccc3c(Br)c3ccc(C(C)(C)C)cc23)cc1.c1ccc(Nc2cc3c4ccccc4c(Nc4ccccc4)cc3c3ccccc23)cc1. The normalized spacial score (nSPS) is 12.1. The summed E-state index contributed by atoms with van der Waals surface area (Å²) in [4.78, 5) is 4.89. The molecule has 0 spiro atoms. The fraction of sp³-hybridized carbons (Fsp3) is 0.102. The van der Waals surface area contributed by atoms with Crippen molar-refractivity contribution in [1.29, 1.82) is 0 Å². The van der Waals surface area contributed by atoms with E-state index in [1.807, 2.05) is 12.1 Å². The summed E-state index contributed by atoms with van der Waals surface area (Å²) in [6.07, 6.45) is 0. The van der Waals surface area contributed by atoms with Gasteiger partial charge in [-0.1, -0.05) is 402 Å². The quantitative estimate of drug-likeness (QED) is 0.0943. The Bertz CT molecular complexity index is 7790. The summed E-state index contributed by atoms with van der Waals surface area (Å²) in [7, 11) is 0. The molecule has 135 heavy (non-hydrogen) atoms. The monoisotopic (exact) mass is 2000 g/mol. The van der Waals surface area contributed by atoms with E-state index in [1.165, 1.54) is 181 Å². The van der Waals surface area contributed by atoms with Crippen molar-refractivity contribution in [1.82, 2.24) is 0 Å². The van der Waals surface area contributed by atoms with Gasteiger partial charge < -0.3 is 20.4 Å². The summed E-state index contributed by atoms with van der Waals surface area (Å²) in [5, 5.41) is 29.6. The fourth-order valence-electron chi connectivity index (χ4n) is 19.7. The lowest BCUT2D eigenvalue weighted by Crippen LogP contribution is -2.16. The number of para-hydroxylation sites is 3. The van der Waals surface area contributed by atoms with Crippen LogP contribution in [-0.4, -0.2) is 0 Å². The molecule has 22 aromatic rings. The molecule has 4 nitrogen and oxygen atoms in total. The Morgan fingerprint density at radius 2 is 0.548 bits per heavy atom. The van der Waals surface area contributed by atoms with Crippen LogP contribution in [0.25, 0.3) is 130 Å². The third kappa shape index (κ3) is 17.5. The number of nitrogens with zero attached hydrogens (tertiary/aromatic N) is 2. The summed E-state index contributed by atoms with van der Waals surface area (Å²) in [5.74, 6) is 0. The van der Waals surface area contributed by atoms with Gasteiger partial charge in [-0.3, -0.25) is 0 Å². The van der Waals surface area contributed by atoms with Crippen LogP contribution in [0, 0.1) is 13.8 Å². The number of rotatable bonds is 12. The van der Waals surface area contributed by atoms with Crippen LogP contribution in [0.5, 0.6) is 0 Å². The molecule has 23 rings (SSSR count). The average Bonchev–Trinajstić information content (AvgIpc) is 1.49. The van der Waals surface area contributed by atoms with Gasteiger partial charge in [0, 0.05) is 101 Å². The highest BCUT2D eigenvalue weighted by atomic mass is 79.9. The molecule has 0 heterocycles. The molecule has 0 fully saturated rings. The lowest BCUT2D eigenvalue weighted by molar-refractivity contribution is 0.591. The van der Waals surface area contributed by atoms with Crippen molar-refractivity contribution in [3.63, 3.8) is 0 Å². The number of halogens is 4. The molecule has 0 unspecified atom stereocenters. The molecule has 0 amide bonds. The van der Waals surface area contributed by atoms with E-state index in [9.17, 15) is 0 Å². The first-order valence-electron chi connectivity index (χ1n) is 46.3. The number of hydrogen-bond donors (Lipinski definition) is 2. The zero-order chi connectivity index (χ0) is 93.0. The van der Waals surface area contributed by atoms with E-state index >= 15 is 0 Å². The smallest absolute Gasteiger partial charge is 0.0619 e. The van der Waals surface area contributed by atoms with E-state index in [0.29, 0.717) is 0 Å². The van der Waals surface area contributed by atoms with Crippen LogP contribution in [0.3, 0.4) is 0 Å². The maximum atomic E-state index is 4.03. The van der Waals surface area contributed by atoms with Gasteiger partial charge in [-0.15, -0.1) is 0 Å². The number of fused-ring (bicyclic) bond motifs is 14. The van der Waals surface area contributed by atoms with Gasteiger partial charge in [-0.25, -0.2) is 0 Å². The van der Waals surface area contributed by atoms with Gasteiger partial charge in [0.05, 0.1) is 11.4 Å². The lowest BCUT2D eigenvalue weighted by atomic mass is 9.82. The summed E-state index contributed by atoms with van der Waals surface area (Å²) in [6.45, 7) is 22.7. The lowest BCUT2D eigenvalue weighted by Gasteiger charge is -2.31. The van der Waals surface area contributed by atoms with Gasteiger partial charge >= 0.3 is 0 Å². The molecule has 0 bridgehead atoms. The molecule has 2 N–H and O–H groups in total. The molecule has 0 atom stereocenters. The summed E-state index contributed by atoms with van der Waals surface area (Å²) >= 11 is 15.1. The molecule has 0 saturated carbocycles. The van der Waals surface area contributed by atoms with Crippen LogP contribution >= 0.6 is 63.7 Å². The minimum Gasteiger partial charge on any atom is -0.355 e. The molecule has 1 aliphatic carbocycles. The van der Waals surface area contributed by atoms with Crippen LogP contribution < -0.4 is 20.4 Å². The second-order valence-electron chi connectivity index (χ2n) is 37.9. The van der Waals surface area contributed by atoms with E-state index in [1.54, 1.807) is 0 Å². The maximum absolute atomic E-state index is 4.03. The first-order chi connectivity index (χ1) is 65.5. The Kier molecular flexibility index (Phi) is 24.6. The predicted octanol–water partition coefficient (Wildman–Crippen LogP) is 39.5. The van der Waals surface area contributed by atoms with Crippen molar-refractivity contribution >= 4 is 218 Å². The van der Waals surface area contributed by atoms with E-state index in [-0.39, 0.29) is 16.2 Å². The zero-order valence-corrected chi connectivity index (χ0v) is 83.7. The highest BCUT2D eigenvalue weighted by Gasteiger charge is 2.37. The Labute approximate surface area is 825 Å². The van der Waals surface area contributed by atoms with E-state index < -0.39 is 0 Å². The summed E-state index contributed by atoms with van der Waals surface area (Å²) < 4.78 is 4.48. The largest absolute Gasteiger partial charge is 0.355 e. The van der Waals surface area contributed by atoms with Crippen LogP contribution in [0.1, 0.15) is 88.8 Å². The van der Waals surface area contributed by atoms with E-state index in [0.717, 1.165) is 57.7 Å². The van der Waals surface area contributed by atoms with Gasteiger partial charge in [-0.2, -0.15) is 0 Å². The van der Waals surface area contributed by atoms with Crippen molar-refractivity contribution in [2.45, 2.75) is 85.5 Å². The van der Waals surface area contributed by atoms with Crippen molar-refractivity contribution in [3.8, 4) is 33.4 Å². The third-order valence-electron chi connectivity index (χ3n) is 26.6. The Balaban J connectivity index is 0.000000112. The van der Waals surface area contributed by atoms with Crippen LogP contribution in [0.15, 0.2) is 443 Å². The molecular weight excluding hydrogens is 1900 g/mol. The minimum atomic E-state index is -0.0614. The van der Waals surface area contributed by atoms with Crippen LogP contribution in [0.2, 0.25) is 0 Å². The van der Waals surface area contributed by atoms with Crippen LogP contribution in [-0.2, 0) is 16.2 Å². The van der Waals surface area contributed by atoms with Gasteiger partial charge in [0.15, 0.2) is 0 Å². The number of anilines is 10. The number of nitrogens with one attached hydrogen (secondary N) is 2. The van der Waals surface area contributed by atoms with Gasteiger partial charge in [-0.05, 0) is 298 Å². The Hall–Kier alpha value is -13.7. The Morgan fingerprint density at radius 1 is 0.237 bits per heavy atom. The third-order valence-corrected chi connectivity index (χ3v) is 29.4. The molecule has 658 valence electrons. The number of hydrogen-bond acceptors (Lipinski definition) is 4. The molecule has 0 aromatic heterocycles. The highest BCUT2D eigenvalue weighted by molar-refractivity contribution is 9.11. The second kappa shape index (κ2) is 37.3. The zero-order valence-electron chi connectivity index (χ0n) is 77.3. The minimum absolute atomic E-state index is 0.0404. The van der Waals surface area contributed by atoms with Crippen LogP contribution in [0.4, 0.5) is 56.9 Å². The topological polar surface area (TPSA) is 30.5 Å². The van der Waals surface area contributed by atoms with Crippen molar-refractivity contribution in [2.24, 2.45) is 0 Å². The van der Waals surface area contributed by atoms with Crippen molar-refractivity contribution in [3.05, 3.63) is 476 Å². The maximum Gasteiger partial charge on any atom is 0.0619 e. The molecule has 0 aliphatic heterocycles. The first-order valence-corrected chi connectivity index (χ1v) is 49.4. The van der Waals surface area contributed by atoms with Crippen molar-refractivity contribution < 1.29 is 0 Å². The molecular formula is C127H102Br4N4. The number of aryl methyl sites for hydroxylation is 2. The average molecular weight is 2000 g/mol. The highest BCUT2D eigenvalue weighted by Crippen LogP contribution is 2.55.